The van der Waals surface area contributed by atoms with E-state index < -0.39 is 0 Å². The number of aromatic nitrogens is 3. The molecule has 7 heteroatoms. The van der Waals surface area contributed by atoms with E-state index in [1.165, 1.54) is 36.8 Å². The van der Waals surface area contributed by atoms with Gasteiger partial charge in [0.1, 0.15) is 6.54 Å². The third-order valence-electron chi connectivity index (χ3n) is 5.57. The van der Waals surface area contributed by atoms with E-state index in [9.17, 15) is 9.59 Å². The molecule has 0 spiro atoms. The summed E-state index contributed by atoms with van der Waals surface area (Å²) in [5, 5.41) is 8.40. The average Bonchev–Trinajstić information content (AvgIpc) is 2.77. The zero-order chi connectivity index (χ0) is 20.9. The molecule has 1 aliphatic rings. The molecule has 2 heterocycles. The molecule has 0 unspecified atom stereocenters. The lowest BCUT2D eigenvalue weighted by Crippen LogP contribution is -2.30. The minimum atomic E-state index is -0.375. The number of anilines is 1. The second kappa shape index (κ2) is 9.07. The Hall–Kier alpha value is -3.22. The summed E-state index contributed by atoms with van der Waals surface area (Å²) in [4.78, 5) is 29.6. The molecule has 1 aliphatic carbocycles. The normalized spacial score (nSPS) is 14.6. The Morgan fingerprint density at radius 3 is 2.70 bits per heavy atom. The van der Waals surface area contributed by atoms with Crippen molar-refractivity contribution in [2.45, 2.75) is 45.6 Å². The number of ether oxygens (including phenoxy) is 1. The molecule has 3 aromatic rings. The number of fused-ring (bicyclic) bond motifs is 1. The third kappa shape index (κ3) is 4.50. The van der Waals surface area contributed by atoms with E-state index in [2.05, 4.69) is 15.4 Å². The van der Waals surface area contributed by atoms with Crippen LogP contribution in [0.2, 0.25) is 0 Å². The number of nitrogens with one attached hydrogen (secondary N) is 1. The van der Waals surface area contributed by atoms with Crippen LogP contribution in [-0.4, -0.2) is 27.3 Å². The van der Waals surface area contributed by atoms with E-state index in [4.69, 9.17) is 4.74 Å². The number of carbonyl (C=O) groups is 1. The lowest BCUT2D eigenvalue weighted by molar-refractivity contribution is -0.117. The summed E-state index contributed by atoms with van der Waals surface area (Å²) in [6, 6.07) is 10.9. The Morgan fingerprint density at radius 2 is 1.90 bits per heavy atom. The molecule has 2 aromatic heterocycles. The number of hydrogen-bond acceptors (Lipinski definition) is 5. The summed E-state index contributed by atoms with van der Waals surface area (Å²) in [7, 11) is 0. The maximum atomic E-state index is 12.7. The fraction of sp³-hybridized carbons (Fsp3) is 0.391. The van der Waals surface area contributed by atoms with Crippen LogP contribution in [0.3, 0.4) is 0 Å². The van der Waals surface area contributed by atoms with Crippen LogP contribution in [0.1, 0.15) is 37.8 Å². The maximum absolute atomic E-state index is 12.7. The number of rotatable bonds is 6. The van der Waals surface area contributed by atoms with Crippen molar-refractivity contribution in [3.8, 4) is 5.75 Å². The number of nitrogens with zero attached hydrogens (tertiary/aromatic N) is 3. The molecule has 4 rings (SSSR count). The van der Waals surface area contributed by atoms with Gasteiger partial charge in [-0.3, -0.25) is 9.59 Å². The first-order chi connectivity index (χ1) is 14.6. The molecule has 156 valence electrons. The Bertz CT molecular complexity index is 1100. The Labute approximate surface area is 175 Å². The highest BCUT2D eigenvalue weighted by Gasteiger charge is 2.17. The summed E-state index contributed by atoms with van der Waals surface area (Å²) in [5.41, 5.74) is 0.411. The van der Waals surface area contributed by atoms with Crippen LogP contribution >= 0.6 is 0 Å². The quantitative estimate of drug-likeness (QED) is 0.675. The monoisotopic (exact) mass is 406 g/mol. The standard InChI is InChI=1S/C23H26N4O3/c1-16-18-10-5-6-11-19(18)23(29)27(26-16)14-21(28)25-22-20(12-7-13-24-22)30-15-17-8-3-2-4-9-17/h5-7,10-13,17H,2-4,8-9,14-15H2,1H3,(H,24,25,28). The predicted molar refractivity (Wildman–Crippen MR) is 116 cm³/mol. The first kappa shape index (κ1) is 20.1. The van der Waals surface area contributed by atoms with Gasteiger partial charge in [0.15, 0.2) is 11.6 Å². The van der Waals surface area contributed by atoms with Crippen LogP contribution in [0, 0.1) is 12.8 Å². The molecule has 1 aromatic carbocycles. The van der Waals surface area contributed by atoms with Crippen molar-refractivity contribution in [3.63, 3.8) is 0 Å². The van der Waals surface area contributed by atoms with E-state index in [1.54, 1.807) is 30.5 Å². The van der Waals surface area contributed by atoms with Crippen LogP contribution in [0.4, 0.5) is 5.82 Å². The third-order valence-corrected chi connectivity index (χ3v) is 5.57. The molecular formula is C23H26N4O3. The van der Waals surface area contributed by atoms with E-state index in [0.29, 0.717) is 35.2 Å². The summed E-state index contributed by atoms with van der Waals surface area (Å²) < 4.78 is 7.16. The molecule has 1 saturated carbocycles. The number of benzene rings is 1. The minimum Gasteiger partial charge on any atom is -0.489 e. The highest BCUT2D eigenvalue weighted by atomic mass is 16.5. The van der Waals surface area contributed by atoms with Crippen molar-refractivity contribution in [2.24, 2.45) is 5.92 Å². The molecule has 0 saturated heterocycles. The van der Waals surface area contributed by atoms with Gasteiger partial charge in [0.05, 0.1) is 17.7 Å². The molecule has 0 atom stereocenters. The summed E-state index contributed by atoms with van der Waals surface area (Å²) >= 11 is 0. The molecule has 0 radical (unpaired) electrons. The van der Waals surface area contributed by atoms with E-state index in [-0.39, 0.29) is 18.0 Å². The highest BCUT2D eigenvalue weighted by Crippen LogP contribution is 2.27. The Kier molecular flexibility index (Phi) is 6.07. The minimum absolute atomic E-state index is 0.191. The molecule has 1 amide bonds. The van der Waals surface area contributed by atoms with Crippen molar-refractivity contribution in [1.29, 1.82) is 0 Å². The largest absolute Gasteiger partial charge is 0.489 e. The summed E-state index contributed by atoms with van der Waals surface area (Å²) in [6.07, 6.45) is 7.75. The van der Waals surface area contributed by atoms with Crippen molar-refractivity contribution < 1.29 is 9.53 Å². The predicted octanol–water partition coefficient (Wildman–Crippen LogP) is 3.70. The lowest BCUT2D eigenvalue weighted by Gasteiger charge is -2.22. The van der Waals surface area contributed by atoms with Gasteiger partial charge in [0.25, 0.3) is 5.56 Å². The van der Waals surface area contributed by atoms with Gasteiger partial charge in [-0.25, -0.2) is 9.67 Å². The topological polar surface area (TPSA) is 86.1 Å². The van der Waals surface area contributed by atoms with Gasteiger partial charge in [0.2, 0.25) is 5.91 Å². The zero-order valence-electron chi connectivity index (χ0n) is 17.1. The van der Waals surface area contributed by atoms with Crippen molar-refractivity contribution in [3.05, 3.63) is 58.6 Å². The lowest BCUT2D eigenvalue weighted by atomic mass is 9.90. The van der Waals surface area contributed by atoms with E-state index in [0.717, 1.165) is 5.39 Å². The van der Waals surface area contributed by atoms with Gasteiger partial charge in [-0.2, -0.15) is 5.10 Å². The van der Waals surface area contributed by atoms with Crippen LogP contribution in [0.15, 0.2) is 47.4 Å². The van der Waals surface area contributed by atoms with Crippen LogP contribution in [-0.2, 0) is 11.3 Å². The molecular weight excluding hydrogens is 380 g/mol. The fourth-order valence-electron chi connectivity index (χ4n) is 3.98. The number of amides is 1. The molecule has 30 heavy (non-hydrogen) atoms. The first-order valence-electron chi connectivity index (χ1n) is 10.5. The summed E-state index contributed by atoms with van der Waals surface area (Å²) in [5.74, 6) is 1.08. The number of hydrogen-bond donors (Lipinski definition) is 1. The molecule has 1 N–H and O–H groups in total. The first-order valence-corrected chi connectivity index (χ1v) is 10.5. The van der Waals surface area contributed by atoms with Crippen molar-refractivity contribution in [2.75, 3.05) is 11.9 Å². The SMILES string of the molecule is Cc1nn(CC(=O)Nc2ncccc2OCC2CCCCC2)c(=O)c2ccccc12. The second-order valence-electron chi connectivity index (χ2n) is 7.81. The van der Waals surface area contributed by atoms with Gasteiger partial charge in [0, 0.05) is 11.6 Å². The fourth-order valence-corrected chi connectivity index (χ4v) is 3.98. The number of carbonyl (C=O) groups excluding carboxylic acids is 1. The van der Waals surface area contributed by atoms with Gasteiger partial charge >= 0.3 is 0 Å². The van der Waals surface area contributed by atoms with Gasteiger partial charge in [-0.05, 0) is 43.9 Å². The van der Waals surface area contributed by atoms with E-state index >= 15 is 0 Å². The maximum Gasteiger partial charge on any atom is 0.275 e. The van der Waals surface area contributed by atoms with Gasteiger partial charge in [-0.1, -0.05) is 37.5 Å². The van der Waals surface area contributed by atoms with Crippen LogP contribution in [0.5, 0.6) is 5.75 Å². The Balaban J connectivity index is 1.46. The van der Waals surface area contributed by atoms with Crippen LogP contribution in [0.25, 0.3) is 10.8 Å². The van der Waals surface area contributed by atoms with E-state index in [1.807, 2.05) is 19.1 Å². The summed E-state index contributed by atoms with van der Waals surface area (Å²) in [6.45, 7) is 2.26. The van der Waals surface area contributed by atoms with Gasteiger partial charge < -0.3 is 10.1 Å². The highest BCUT2D eigenvalue weighted by molar-refractivity contribution is 5.91. The average molecular weight is 406 g/mol. The number of pyridine rings is 1. The molecule has 7 nitrogen and oxygen atoms in total. The molecule has 0 aliphatic heterocycles. The second-order valence-corrected chi connectivity index (χ2v) is 7.81. The van der Waals surface area contributed by atoms with Crippen molar-refractivity contribution in [1.82, 2.24) is 14.8 Å². The van der Waals surface area contributed by atoms with Crippen LogP contribution < -0.4 is 15.6 Å². The molecule has 0 bridgehead atoms. The zero-order valence-corrected chi connectivity index (χ0v) is 17.1. The van der Waals surface area contributed by atoms with Gasteiger partial charge in [-0.15, -0.1) is 0 Å². The number of aryl methyl sites for hydroxylation is 1. The molecule has 1 fully saturated rings. The Morgan fingerprint density at radius 1 is 1.13 bits per heavy atom. The smallest absolute Gasteiger partial charge is 0.275 e. The van der Waals surface area contributed by atoms with Crippen molar-refractivity contribution >= 4 is 22.5 Å².